The Morgan fingerprint density at radius 1 is 1.46 bits per heavy atom. The van der Waals surface area contributed by atoms with E-state index < -0.39 is 0 Å². The van der Waals surface area contributed by atoms with Crippen molar-refractivity contribution in [2.75, 3.05) is 19.7 Å². The lowest BCUT2D eigenvalue weighted by Crippen LogP contribution is -2.46. The van der Waals surface area contributed by atoms with Crippen LogP contribution in [0.5, 0.6) is 0 Å². The Balaban J connectivity index is 0.000000145. The van der Waals surface area contributed by atoms with Crippen LogP contribution in [-0.2, 0) is 9.53 Å². The summed E-state index contributed by atoms with van der Waals surface area (Å²) in [5.74, 6) is -0.200. The van der Waals surface area contributed by atoms with E-state index in [2.05, 4.69) is 20.4 Å². The van der Waals surface area contributed by atoms with Crippen molar-refractivity contribution in [3.63, 3.8) is 0 Å². The zero-order chi connectivity index (χ0) is 9.52. The van der Waals surface area contributed by atoms with E-state index in [-0.39, 0.29) is 11.9 Å². The lowest BCUT2D eigenvalue weighted by Gasteiger charge is -2.10. The third kappa shape index (κ3) is 4.09. The zero-order valence-corrected chi connectivity index (χ0v) is 7.08. The molecule has 2 N–H and O–H groups in total. The van der Waals surface area contributed by atoms with Crippen LogP contribution in [0.4, 0.5) is 4.79 Å². The highest BCUT2D eigenvalue weighted by Gasteiger charge is 2.11. The summed E-state index contributed by atoms with van der Waals surface area (Å²) < 4.78 is 4.65. The summed E-state index contributed by atoms with van der Waals surface area (Å²) in [6.45, 7) is 2.09. The van der Waals surface area contributed by atoms with Crippen LogP contribution in [0.1, 0.15) is 6.42 Å². The zero-order valence-electron chi connectivity index (χ0n) is 7.08. The van der Waals surface area contributed by atoms with Gasteiger partial charge in [0, 0.05) is 13.0 Å². The highest BCUT2D eigenvalue weighted by atomic mass is 16.5. The number of hydrogen-bond donors (Lipinski definition) is 2. The van der Waals surface area contributed by atoms with Crippen LogP contribution < -0.4 is 10.6 Å². The number of hydrogen-bond acceptors (Lipinski definition) is 4. The summed E-state index contributed by atoms with van der Waals surface area (Å²) in [6.07, 6.45) is 1.88. The van der Waals surface area contributed by atoms with Gasteiger partial charge in [-0.1, -0.05) is 0 Å². The number of rotatable bonds is 0. The van der Waals surface area contributed by atoms with Crippen LogP contribution in [-0.4, -0.2) is 38.0 Å². The Hall–Kier alpha value is -1.59. The second-order valence-corrected chi connectivity index (χ2v) is 2.44. The fourth-order valence-electron chi connectivity index (χ4n) is 0.786. The first-order chi connectivity index (χ1) is 6.29. The van der Waals surface area contributed by atoms with Crippen LogP contribution >= 0.6 is 0 Å². The van der Waals surface area contributed by atoms with Gasteiger partial charge in [-0.3, -0.25) is 15.1 Å². The standard InChI is InChI=1S/C4H6N2O2.C3H5NO/c7-3-1-2-5-4(8)6-3;1-2-5-3-4-1/h1-2H2,(H2,5,6,7,8);3H,1-2H2. The third-order valence-electron chi connectivity index (χ3n) is 1.38. The molecule has 0 unspecified atom stereocenters. The van der Waals surface area contributed by atoms with Crippen LogP contribution in [0.25, 0.3) is 0 Å². The maximum absolute atomic E-state index is 10.3. The first kappa shape index (κ1) is 9.50. The van der Waals surface area contributed by atoms with Crippen molar-refractivity contribution in [1.82, 2.24) is 10.6 Å². The van der Waals surface area contributed by atoms with E-state index in [0.29, 0.717) is 13.0 Å². The Morgan fingerprint density at radius 2 is 2.31 bits per heavy atom. The van der Waals surface area contributed by atoms with E-state index >= 15 is 0 Å². The van der Waals surface area contributed by atoms with Crippen LogP contribution in [0, 0.1) is 0 Å². The van der Waals surface area contributed by atoms with E-state index in [1.54, 1.807) is 0 Å². The average Bonchev–Trinajstić information content (AvgIpc) is 2.59. The Labute approximate surface area is 75.4 Å². The molecule has 0 atom stereocenters. The first-order valence-electron chi connectivity index (χ1n) is 3.96. The SMILES string of the molecule is C1=NCCO1.O=C1CCNC(=O)N1. The van der Waals surface area contributed by atoms with Crippen molar-refractivity contribution in [1.29, 1.82) is 0 Å². The minimum Gasteiger partial charge on any atom is -0.482 e. The predicted molar refractivity (Wildman–Crippen MR) is 45.5 cm³/mol. The number of nitrogens with zero attached hydrogens (tertiary/aromatic N) is 1. The molecule has 0 aromatic rings. The number of amides is 3. The van der Waals surface area contributed by atoms with Gasteiger partial charge in [-0.15, -0.1) is 0 Å². The number of urea groups is 1. The Kier molecular flexibility index (Phi) is 3.74. The van der Waals surface area contributed by atoms with Crippen LogP contribution in [0.15, 0.2) is 4.99 Å². The average molecular weight is 185 g/mol. The molecule has 0 aromatic heterocycles. The van der Waals surface area contributed by atoms with Gasteiger partial charge in [-0.25, -0.2) is 4.79 Å². The van der Waals surface area contributed by atoms with Gasteiger partial charge in [0.1, 0.15) is 6.61 Å². The largest absolute Gasteiger partial charge is 0.482 e. The summed E-state index contributed by atoms with van der Waals surface area (Å²) in [6, 6.07) is -0.388. The number of aliphatic imine (C=N–C) groups is 1. The van der Waals surface area contributed by atoms with E-state index in [0.717, 1.165) is 13.2 Å². The third-order valence-corrected chi connectivity index (χ3v) is 1.38. The molecule has 6 heteroatoms. The summed E-state index contributed by atoms with van der Waals surface area (Å²) in [5.41, 5.74) is 0. The van der Waals surface area contributed by atoms with Crippen molar-refractivity contribution in [3.8, 4) is 0 Å². The molecule has 6 nitrogen and oxygen atoms in total. The van der Waals surface area contributed by atoms with E-state index in [1.165, 1.54) is 6.40 Å². The van der Waals surface area contributed by atoms with Crippen LogP contribution in [0.3, 0.4) is 0 Å². The fraction of sp³-hybridized carbons (Fsp3) is 0.571. The van der Waals surface area contributed by atoms with Gasteiger partial charge in [-0.05, 0) is 0 Å². The summed E-state index contributed by atoms with van der Waals surface area (Å²) in [7, 11) is 0. The van der Waals surface area contributed by atoms with E-state index in [9.17, 15) is 9.59 Å². The molecule has 1 saturated heterocycles. The topological polar surface area (TPSA) is 79.8 Å². The molecule has 0 bridgehead atoms. The Morgan fingerprint density at radius 3 is 2.62 bits per heavy atom. The molecule has 2 aliphatic heterocycles. The Bertz CT molecular complexity index is 207. The fourth-order valence-corrected chi connectivity index (χ4v) is 0.786. The van der Waals surface area contributed by atoms with Gasteiger partial charge in [0.05, 0.1) is 6.54 Å². The van der Waals surface area contributed by atoms with Gasteiger partial charge in [0.15, 0.2) is 6.40 Å². The first-order valence-corrected chi connectivity index (χ1v) is 3.96. The van der Waals surface area contributed by atoms with Gasteiger partial charge < -0.3 is 10.1 Å². The summed E-state index contributed by atoms with van der Waals surface area (Å²) in [5, 5.41) is 4.53. The molecule has 0 saturated carbocycles. The molecule has 0 spiro atoms. The summed E-state index contributed by atoms with van der Waals surface area (Å²) >= 11 is 0. The second-order valence-electron chi connectivity index (χ2n) is 2.44. The number of imide groups is 1. The lowest BCUT2D eigenvalue weighted by atomic mass is 10.3. The highest BCUT2D eigenvalue weighted by molar-refractivity contribution is 5.96. The highest BCUT2D eigenvalue weighted by Crippen LogP contribution is 1.82. The van der Waals surface area contributed by atoms with Crippen molar-refractivity contribution >= 4 is 18.3 Å². The van der Waals surface area contributed by atoms with Gasteiger partial charge in [0.25, 0.3) is 0 Å². The second kappa shape index (κ2) is 5.13. The molecule has 0 radical (unpaired) electrons. The van der Waals surface area contributed by atoms with Crippen molar-refractivity contribution in [2.24, 2.45) is 4.99 Å². The quantitative estimate of drug-likeness (QED) is 0.521. The molecule has 2 aliphatic rings. The minimum absolute atomic E-state index is 0.200. The molecular formula is C7H11N3O3. The maximum atomic E-state index is 10.3. The molecule has 2 heterocycles. The van der Waals surface area contributed by atoms with Crippen molar-refractivity contribution in [3.05, 3.63) is 0 Å². The van der Waals surface area contributed by atoms with Crippen molar-refractivity contribution < 1.29 is 14.3 Å². The van der Waals surface area contributed by atoms with Gasteiger partial charge >= 0.3 is 6.03 Å². The van der Waals surface area contributed by atoms with Crippen molar-refractivity contribution in [2.45, 2.75) is 6.42 Å². The molecule has 1 fully saturated rings. The molecule has 0 aromatic carbocycles. The minimum atomic E-state index is -0.388. The van der Waals surface area contributed by atoms with E-state index in [4.69, 9.17) is 0 Å². The molecule has 3 amide bonds. The number of ether oxygens (including phenoxy) is 1. The molecular weight excluding hydrogens is 174 g/mol. The van der Waals surface area contributed by atoms with Crippen LogP contribution in [0.2, 0.25) is 0 Å². The van der Waals surface area contributed by atoms with Gasteiger partial charge in [-0.2, -0.15) is 0 Å². The molecule has 13 heavy (non-hydrogen) atoms. The summed E-state index contributed by atoms with van der Waals surface area (Å²) in [4.78, 5) is 24.3. The maximum Gasteiger partial charge on any atom is 0.321 e. The van der Waals surface area contributed by atoms with Gasteiger partial charge in [0.2, 0.25) is 5.91 Å². The smallest absolute Gasteiger partial charge is 0.321 e. The molecule has 72 valence electrons. The predicted octanol–water partition coefficient (Wildman–Crippen LogP) is -0.739. The normalized spacial score (nSPS) is 19.4. The molecule has 0 aliphatic carbocycles. The number of nitrogens with one attached hydrogen (secondary N) is 2. The lowest BCUT2D eigenvalue weighted by molar-refractivity contribution is -0.120. The molecule has 2 rings (SSSR count). The monoisotopic (exact) mass is 185 g/mol. The van der Waals surface area contributed by atoms with E-state index in [1.807, 2.05) is 0 Å². The number of carbonyl (C=O) groups excluding carboxylic acids is 2. The number of carbonyl (C=O) groups is 2.